The van der Waals surface area contributed by atoms with Gasteiger partial charge in [0.1, 0.15) is 5.75 Å². The quantitative estimate of drug-likeness (QED) is 0.552. The van der Waals surface area contributed by atoms with Crippen molar-refractivity contribution in [2.24, 2.45) is 0 Å². The number of nitrogens with one attached hydrogen (secondary N) is 3. The molecule has 1 radical (unpaired) electrons. The van der Waals surface area contributed by atoms with E-state index in [9.17, 15) is 0 Å². The molecule has 2 aromatic heterocycles. The second-order valence-corrected chi connectivity index (χ2v) is 5.02. The van der Waals surface area contributed by atoms with Gasteiger partial charge in [0.2, 0.25) is 0 Å². The first kappa shape index (κ1) is 14.1. The van der Waals surface area contributed by atoms with Gasteiger partial charge in [-0.2, -0.15) is 0 Å². The van der Waals surface area contributed by atoms with Crippen LogP contribution in [0.3, 0.4) is 0 Å². The van der Waals surface area contributed by atoms with Crippen LogP contribution in [0.15, 0.2) is 61.7 Å². The predicted molar refractivity (Wildman–Crippen MR) is 88.5 cm³/mol. The summed E-state index contributed by atoms with van der Waals surface area (Å²) < 4.78 is 9.80. The third-order valence-corrected chi connectivity index (χ3v) is 3.48. The Morgan fingerprint density at radius 3 is 2.83 bits per heavy atom. The molecule has 0 bridgehead atoms. The number of imidazole rings is 2. The molecule has 0 aliphatic carbocycles. The van der Waals surface area contributed by atoms with E-state index in [4.69, 9.17) is 4.65 Å². The van der Waals surface area contributed by atoms with Crippen molar-refractivity contribution in [1.29, 1.82) is 0 Å². The fourth-order valence-electron chi connectivity index (χ4n) is 2.37. The Balaban J connectivity index is 1.46. The molecule has 3 heterocycles. The molecule has 3 aromatic rings. The van der Waals surface area contributed by atoms with Crippen LogP contribution in [0.2, 0.25) is 0 Å². The number of benzene rings is 1. The van der Waals surface area contributed by atoms with Crippen LogP contribution in [0.25, 0.3) is 5.69 Å². The van der Waals surface area contributed by atoms with Gasteiger partial charge < -0.3 is 29.1 Å². The average molecular weight is 304 g/mol. The average Bonchev–Trinajstić information content (AvgIpc) is 3.29. The van der Waals surface area contributed by atoms with Crippen LogP contribution >= 0.6 is 0 Å². The van der Waals surface area contributed by atoms with E-state index in [1.807, 2.05) is 45.7 Å². The lowest BCUT2D eigenvalue weighted by molar-refractivity contribution is 0.552. The van der Waals surface area contributed by atoms with Crippen LogP contribution in [0.4, 0.5) is 0 Å². The molecular weight excluding hydrogens is 291 g/mol. The molecule has 0 spiro atoms. The van der Waals surface area contributed by atoms with Crippen LogP contribution in [0.5, 0.6) is 5.75 Å². The Kier molecular flexibility index (Phi) is 3.89. The van der Waals surface area contributed by atoms with E-state index >= 15 is 0 Å². The summed E-state index contributed by atoms with van der Waals surface area (Å²) in [6, 6.07) is 7.82. The topological polar surface area (TPSA) is 81.0 Å². The van der Waals surface area contributed by atoms with E-state index < -0.39 is 0 Å². The van der Waals surface area contributed by atoms with Crippen LogP contribution in [0.1, 0.15) is 0 Å². The Hall–Kier alpha value is -2.49. The number of hydrogen-bond donors (Lipinski definition) is 3. The standard InChI is InChI=1S/C12H13B3N7O/c1-2-11(21-6-4-16-9-21)8-12(3-1)23-15-19-13-18-14(20-15)22-7-5-17-10-22/h1-10,18-20H. The third kappa shape index (κ3) is 3.16. The van der Waals surface area contributed by atoms with E-state index in [0.717, 1.165) is 11.4 Å². The van der Waals surface area contributed by atoms with Gasteiger partial charge in [0.25, 0.3) is 7.55 Å². The number of rotatable bonds is 4. The molecule has 4 rings (SSSR count). The lowest BCUT2D eigenvalue weighted by Crippen LogP contribution is -2.73. The molecule has 11 heteroatoms. The summed E-state index contributed by atoms with van der Waals surface area (Å²) in [5.41, 5.74) is 0.990. The van der Waals surface area contributed by atoms with E-state index in [2.05, 4.69) is 25.4 Å². The first-order valence-corrected chi connectivity index (χ1v) is 7.21. The monoisotopic (exact) mass is 304 g/mol. The van der Waals surface area contributed by atoms with Crippen molar-refractivity contribution in [2.75, 3.05) is 0 Å². The second kappa shape index (κ2) is 6.33. The molecule has 0 saturated carbocycles. The molecule has 1 aromatic carbocycles. The summed E-state index contributed by atoms with van der Waals surface area (Å²) in [4.78, 5) is 8.10. The minimum Gasteiger partial charge on any atom is -0.534 e. The molecule has 3 N–H and O–H groups in total. The number of hydrogen-bond acceptors (Lipinski definition) is 6. The highest BCUT2D eigenvalue weighted by Gasteiger charge is 2.32. The van der Waals surface area contributed by atoms with Crippen LogP contribution in [-0.4, -0.2) is 40.9 Å². The van der Waals surface area contributed by atoms with Gasteiger partial charge in [0.15, 0.2) is 0 Å². The molecule has 1 aliphatic rings. The lowest BCUT2D eigenvalue weighted by Gasteiger charge is -2.27. The first-order valence-electron chi connectivity index (χ1n) is 7.21. The van der Waals surface area contributed by atoms with Crippen molar-refractivity contribution in [3.8, 4) is 11.4 Å². The Labute approximate surface area is 134 Å². The molecule has 0 amide bonds. The third-order valence-electron chi connectivity index (χ3n) is 3.48. The van der Waals surface area contributed by atoms with Crippen LogP contribution in [-0.2, 0) is 0 Å². The fourth-order valence-corrected chi connectivity index (χ4v) is 2.37. The van der Waals surface area contributed by atoms with E-state index in [1.54, 1.807) is 32.6 Å². The summed E-state index contributed by atoms with van der Waals surface area (Å²) >= 11 is 0. The summed E-state index contributed by atoms with van der Waals surface area (Å²) in [5.74, 6) is 0.751. The van der Waals surface area contributed by atoms with Gasteiger partial charge in [-0.05, 0) is 12.1 Å². The highest BCUT2D eigenvalue weighted by atomic mass is 16.5. The molecule has 0 unspecified atom stereocenters. The Bertz CT molecular complexity index is 752. The maximum Gasteiger partial charge on any atom is 0.522 e. The Morgan fingerprint density at radius 1 is 1.09 bits per heavy atom. The van der Waals surface area contributed by atoms with Gasteiger partial charge >= 0.3 is 14.3 Å². The summed E-state index contributed by atoms with van der Waals surface area (Å²) in [6.45, 7) is 0. The van der Waals surface area contributed by atoms with Crippen molar-refractivity contribution in [3.05, 3.63) is 61.7 Å². The molecule has 8 nitrogen and oxygen atoms in total. The number of nitrogens with zero attached hydrogens (tertiary/aromatic N) is 4. The SMILES string of the molecule is [B]1NB(Oc2cccc(-n3ccnc3)c2)NB(n2ccnc2)N1. The second-order valence-electron chi connectivity index (χ2n) is 5.02. The highest BCUT2D eigenvalue weighted by Crippen LogP contribution is 2.16. The Morgan fingerprint density at radius 2 is 2.00 bits per heavy atom. The lowest BCUT2D eigenvalue weighted by atomic mass is 9.71. The van der Waals surface area contributed by atoms with Crippen molar-refractivity contribution in [3.63, 3.8) is 0 Å². The molecule has 1 saturated heterocycles. The van der Waals surface area contributed by atoms with E-state index in [-0.39, 0.29) is 14.3 Å². The predicted octanol–water partition coefficient (Wildman–Crippen LogP) is -0.718. The van der Waals surface area contributed by atoms with E-state index in [1.165, 1.54) is 0 Å². The van der Waals surface area contributed by atoms with Crippen LogP contribution in [0, 0.1) is 0 Å². The summed E-state index contributed by atoms with van der Waals surface area (Å²) in [6.07, 6.45) is 10.7. The minimum atomic E-state index is -0.360. The summed E-state index contributed by atoms with van der Waals surface area (Å²) in [7, 11) is 1.27. The molecule has 23 heavy (non-hydrogen) atoms. The molecule has 0 atom stereocenters. The summed E-state index contributed by atoms with van der Waals surface area (Å²) in [5, 5.41) is 9.53. The van der Waals surface area contributed by atoms with Gasteiger partial charge in [0.05, 0.1) is 18.3 Å². The van der Waals surface area contributed by atoms with Crippen LogP contribution < -0.4 is 20.1 Å². The van der Waals surface area contributed by atoms with Gasteiger partial charge in [-0.25, -0.2) is 9.97 Å². The molecule has 1 aliphatic heterocycles. The smallest absolute Gasteiger partial charge is 0.522 e. The zero-order valence-corrected chi connectivity index (χ0v) is 12.2. The van der Waals surface area contributed by atoms with Crippen molar-refractivity contribution >= 4 is 21.9 Å². The van der Waals surface area contributed by atoms with Crippen molar-refractivity contribution in [2.45, 2.75) is 0 Å². The van der Waals surface area contributed by atoms with E-state index in [0.29, 0.717) is 0 Å². The fraction of sp³-hybridized carbons (Fsp3) is 0. The largest absolute Gasteiger partial charge is 0.534 e. The molecule has 111 valence electrons. The van der Waals surface area contributed by atoms with Crippen molar-refractivity contribution < 1.29 is 4.65 Å². The van der Waals surface area contributed by atoms with Gasteiger partial charge in [0, 0.05) is 30.9 Å². The highest BCUT2D eigenvalue weighted by molar-refractivity contribution is 6.79. The van der Waals surface area contributed by atoms with Gasteiger partial charge in [-0.1, -0.05) is 6.07 Å². The molecule has 1 fully saturated rings. The minimum absolute atomic E-state index is 0.124. The van der Waals surface area contributed by atoms with Gasteiger partial charge in [-0.3, -0.25) is 0 Å². The zero-order chi connectivity index (χ0) is 15.5. The maximum atomic E-state index is 5.96. The normalized spacial score (nSPS) is 14.6. The zero-order valence-electron chi connectivity index (χ0n) is 12.2. The number of aromatic nitrogens is 4. The molecular formula is C12H13B3N7O. The maximum absolute atomic E-state index is 5.96. The first-order chi connectivity index (χ1) is 11.4. The van der Waals surface area contributed by atoms with Crippen molar-refractivity contribution in [1.82, 2.24) is 34.4 Å². The van der Waals surface area contributed by atoms with Gasteiger partial charge in [-0.15, -0.1) is 0 Å².